The highest BCUT2D eigenvalue weighted by atomic mass is 16.6. The Balaban J connectivity index is 0.554. The van der Waals surface area contributed by atoms with Crippen LogP contribution in [0.4, 0.5) is 16.5 Å². The van der Waals surface area contributed by atoms with Crippen LogP contribution in [-0.2, 0) is 110 Å². The maximum Gasteiger partial charge on any atom is 0.407 e. The molecular weight excluding hydrogens is 1620 g/mol. The minimum atomic E-state index is -2.51. The molecule has 688 valence electrons. The Hall–Kier alpha value is -8.75. The number of nitrogen functional groups attached to an aromatic ring is 2. The summed E-state index contributed by atoms with van der Waals surface area (Å²) in [5.74, 6) is -9.37. The lowest BCUT2D eigenvalue weighted by molar-refractivity contribution is -0.265. The number of nitrogens with one attached hydrogen (secondary N) is 1. The van der Waals surface area contributed by atoms with Crippen LogP contribution in [0, 0.1) is 29.6 Å². The molecular formula is C92H131N9O24. The number of allylic oxidation sites excluding steroid dienone is 6. The van der Waals surface area contributed by atoms with Crippen molar-refractivity contribution in [3.8, 4) is 11.3 Å². The van der Waals surface area contributed by atoms with Gasteiger partial charge in [0.1, 0.15) is 54.1 Å². The molecule has 4 aliphatic heterocycles. The molecule has 0 unspecified atom stereocenters. The van der Waals surface area contributed by atoms with E-state index in [9.17, 15) is 48.9 Å². The van der Waals surface area contributed by atoms with E-state index in [4.69, 9.17) is 88.3 Å². The van der Waals surface area contributed by atoms with Crippen LogP contribution >= 0.6 is 0 Å². The predicted octanol–water partition coefficient (Wildman–Crippen LogP) is 8.04. The molecule has 6 heterocycles. The van der Waals surface area contributed by atoms with Gasteiger partial charge in [-0.15, -0.1) is 0 Å². The zero-order valence-corrected chi connectivity index (χ0v) is 73.7. The van der Waals surface area contributed by atoms with E-state index >= 15 is 0 Å². The Bertz CT molecular complexity index is 4470. The van der Waals surface area contributed by atoms with Gasteiger partial charge in [-0.05, 0) is 154 Å². The monoisotopic (exact) mass is 1750 g/mol. The van der Waals surface area contributed by atoms with Gasteiger partial charge in [0.15, 0.2) is 11.4 Å². The number of hydrogen-bond acceptors (Lipinski definition) is 29. The Morgan fingerprint density at radius 2 is 1.38 bits per heavy atom. The quantitative estimate of drug-likeness (QED) is 0.00663. The fourth-order valence-electron chi connectivity index (χ4n) is 16.7. The molecule has 33 nitrogen and oxygen atoms in total. The van der Waals surface area contributed by atoms with Crippen LogP contribution in [-0.4, -0.2) is 281 Å². The third-order valence-electron chi connectivity index (χ3n) is 24.0. The molecule has 15 atom stereocenters. The van der Waals surface area contributed by atoms with E-state index in [1.807, 2.05) is 90.2 Å². The van der Waals surface area contributed by atoms with Crippen molar-refractivity contribution in [3.63, 3.8) is 0 Å². The summed E-state index contributed by atoms with van der Waals surface area (Å²) in [6, 6.07) is 15.7. The molecule has 3 aromatic carbocycles. The number of fused-ring (bicyclic) bond motifs is 6. The number of aromatic nitrogens is 3. The molecule has 10 rings (SSSR count). The second-order valence-electron chi connectivity index (χ2n) is 33.4. The van der Waals surface area contributed by atoms with Gasteiger partial charge in [-0.25, -0.2) is 9.59 Å². The number of ketones is 3. The molecule has 1 saturated carbocycles. The summed E-state index contributed by atoms with van der Waals surface area (Å²) in [5, 5.41) is 43.2. The van der Waals surface area contributed by atoms with E-state index in [2.05, 4.69) is 28.5 Å². The maximum absolute atomic E-state index is 14.7. The molecule has 2 aromatic heterocycles. The number of Topliss-reactive ketones (excluding diaryl/α,β-unsaturated/α-hetero) is 3. The number of anilines is 2. The van der Waals surface area contributed by atoms with Crippen LogP contribution in [0.5, 0.6) is 0 Å². The minimum Gasteiger partial charge on any atom is -0.459 e. The highest BCUT2D eigenvalue weighted by molar-refractivity contribution is 6.39. The third-order valence-corrected chi connectivity index (χ3v) is 24.0. The number of oxazole rings is 1. The van der Waals surface area contributed by atoms with Gasteiger partial charge in [0, 0.05) is 88.3 Å². The molecule has 125 heavy (non-hydrogen) atoms. The number of esters is 1. The van der Waals surface area contributed by atoms with Crippen LogP contribution in [0.15, 0.2) is 107 Å². The summed E-state index contributed by atoms with van der Waals surface area (Å²) in [6.45, 7) is 17.2. The van der Waals surface area contributed by atoms with Crippen LogP contribution in [0.1, 0.15) is 135 Å². The maximum atomic E-state index is 14.7. The highest BCUT2D eigenvalue weighted by Gasteiger charge is 2.53. The Morgan fingerprint density at radius 1 is 0.704 bits per heavy atom. The number of amides is 3. The predicted molar refractivity (Wildman–Crippen MR) is 464 cm³/mol. The number of nitrogens with zero attached hydrogens (tertiary/aromatic N) is 5. The fourth-order valence-corrected chi connectivity index (χ4v) is 16.7. The summed E-state index contributed by atoms with van der Waals surface area (Å²) >= 11 is 0. The number of methoxy groups -OCH3 is 2. The van der Waals surface area contributed by atoms with E-state index in [0.29, 0.717) is 167 Å². The molecule has 2 bridgehead atoms. The van der Waals surface area contributed by atoms with E-state index in [1.54, 1.807) is 27.9 Å². The van der Waals surface area contributed by atoms with Crippen molar-refractivity contribution in [2.24, 2.45) is 35.3 Å². The molecule has 3 fully saturated rings. The molecule has 33 heteroatoms. The van der Waals surface area contributed by atoms with Crippen LogP contribution < -0.4 is 22.5 Å². The van der Waals surface area contributed by atoms with Crippen LogP contribution in [0.25, 0.3) is 33.3 Å². The second kappa shape index (κ2) is 49.5. The molecule has 0 spiro atoms. The molecule has 3 amide bonds. The standard InChI is InChI=1S/C92H131N9O24/c1-58-15-10-9-11-16-59(2)78(112-7)53-69-25-20-63(6)92(111,125-69)87(107)88(108)100-30-13-12-18-74(100)89(109)122-79(54-75(102)60(3)48-62(5)85(105)86(106)84(104)61(4)47-58)71(94)50-64-22-26-77(80(51-64)113-8)124-91(110)96-29-32-114-33-34-115-35-36-116-37-38-117-39-40-118-41-42-119-43-44-120-45-46-121-57-81(103)99-31-28-66-49-65(21-23-68(66)56-99)55-101-73-19-14-17-70(93)82(73)83(98-101)67-24-27-76-72(52-67)97-90(95)123-76/h9-11,14-17,19,21,23-24,27,48-49,52,58,60-61,63-64,69,71,74,77-80,85-86,105-106,111H,12-13,18,20,22,25-26,28-47,50-51,53-57,93-94H2,1-8H3,(H2,95,97)(H,96,110)/b11-9+,15-10+,59-16+,62-48+/t58-,60-,61-,63-,64+,69+,71-,74+,77-,78+,79+,80-,85-,86+,92-/m1/s1. The van der Waals surface area contributed by atoms with E-state index in [0.717, 1.165) is 50.2 Å². The smallest absolute Gasteiger partial charge is 0.407 e. The number of alkyl carbamates (subject to hydrolysis) is 1. The number of nitrogens with two attached hydrogens (primary N) is 3. The first-order valence-electron chi connectivity index (χ1n) is 44.0. The van der Waals surface area contributed by atoms with Crippen molar-refractivity contribution < 1.29 is 115 Å². The minimum absolute atomic E-state index is 0.00218. The average Bonchev–Trinajstić information content (AvgIpc) is 1.46. The summed E-state index contributed by atoms with van der Waals surface area (Å²) < 4.78 is 82.4. The highest BCUT2D eigenvalue weighted by Crippen LogP contribution is 2.40. The number of cyclic esters (lactones) is 1. The third kappa shape index (κ3) is 28.6. The number of benzene rings is 3. The summed E-state index contributed by atoms with van der Waals surface area (Å²) in [5.41, 5.74) is 28.1. The molecule has 0 radical (unpaired) electrons. The average molecular weight is 1750 g/mol. The molecule has 1 aliphatic carbocycles. The van der Waals surface area contributed by atoms with Crippen LogP contribution in [0.2, 0.25) is 0 Å². The molecule has 10 N–H and O–H groups in total. The largest absolute Gasteiger partial charge is 0.459 e. The number of aliphatic hydroxyl groups is 3. The number of ether oxygens (including phenoxy) is 13. The van der Waals surface area contributed by atoms with Crippen molar-refractivity contribution in [2.75, 3.05) is 151 Å². The topological polar surface area (TPSA) is 441 Å². The van der Waals surface area contributed by atoms with Gasteiger partial charge in [-0.1, -0.05) is 88.4 Å². The van der Waals surface area contributed by atoms with Crippen molar-refractivity contribution in [2.45, 2.75) is 199 Å². The van der Waals surface area contributed by atoms with Crippen molar-refractivity contribution in [1.29, 1.82) is 0 Å². The fraction of sp³-hybridized carbons (Fsp3) is 0.620. The van der Waals surface area contributed by atoms with Crippen molar-refractivity contribution in [1.82, 2.24) is 29.9 Å². The van der Waals surface area contributed by atoms with Crippen molar-refractivity contribution >= 4 is 74.9 Å². The van der Waals surface area contributed by atoms with Gasteiger partial charge in [0.25, 0.3) is 17.7 Å². The van der Waals surface area contributed by atoms with Gasteiger partial charge in [-0.3, -0.25) is 28.7 Å². The summed E-state index contributed by atoms with van der Waals surface area (Å²) in [6.07, 6.45) is 7.50. The Labute approximate surface area is 731 Å². The number of piperidine rings is 1. The van der Waals surface area contributed by atoms with Crippen LogP contribution in [0.3, 0.4) is 0 Å². The van der Waals surface area contributed by atoms with Gasteiger partial charge >= 0.3 is 12.1 Å². The summed E-state index contributed by atoms with van der Waals surface area (Å²) in [7, 11) is 3.06. The number of rotatable bonds is 35. The van der Waals surface area contributed by atoms with Gasteiger partial charge in [0.2, 0.25) is 11.7 Å². The zero-order valence-electron chi connectivity index (χ0n) is 73.7. The molecule has 2 saturated heterocycles. The Morgan fingerprint density at radius 3 is 2.06 bits per heavy atom. The normalized spacial score (nSPS) is 27.2. The number of carbonyl (C=O) groups is 7. The van der Waals surface area contributed by atoms with E-state index < -0.39 is 120 Å². The lowest BCUT2D eigenvalue weighted by atomic mass is 9.80. The first kappa shape index (κ1) is 98.4. The summed E-state index contributed by atoms with van der Waals surface area (Å²) in [4.78, 5) is 105. The first-order chi connectivity index (χ1) is 60.2. The lowest BCUT2D eigenvalue weighted by Gasteiger charge is -2.42. The van der Waals surface area contributed by atoms with E-state index in [-0.39, 0.29) is 88.1 Å². The number of carbonyl (C=O) groups excluding carboxylic acids is 7. The zero-order chi connectivity index (χ0) is 89.5. The molecule has 5 aromatic rings. The lowest BCUT2D eigenvalue weighted by Crippen LogP contribution is -2.61. The Kier molecular flexibility index (Phi) is 39.0. The van der Waals surface area contributed by atoms with Crippen molar-refractivity contribution in [3.05, 3.63) is 119 Å². The SMILES string of the molecule is CO[C@H]1C[C@@H]2CC[C@@H](C)[C@@](O)(O2)C(=O)C(=O)N2CCCC[C@H]2C(=O)O[C@H]([C@H](N)C[C@@H]2CC[C@@H](OC(=O)NCCOCCOCCOCCOCCOCCOCCOCCOCC(=O)N3CCc4cc(Cn5nc(-c6ccc7oc(N)nc7c6)c6c(N)cccc65)ccc4C3)[C@H](OC)C2)CC(=O)[C@H](C)/C=C(\C)[C@@H](O)[C@@H](O)C(=O)[C@H](C)C[C@H](C)/C=C/C=C/C=C/1C. The second-order valence-corrected chi connectivity index (χ2v) is 33.4. The first-order valence-corrected chi connectivity index (χ1v) is 44.0. The molecule has 5 aliphatic rings. The number of hydrogen-bond donors (Lipinski definition) is 7. The van der Waals surface area contributed by atoms with Gasteiger partial charge in [0.05, 0.1) is 135 Å². The van der Waals surface area contributed by atoms with Gasteiger partial charge < -0.3 is 114 Å². The van der Waals surface area contributed by atoms with E-state index in [1.165, 1.54) is 25.7 Å². The number of aliphatic hydroxyl groups excluding tert-OH is 2. The van der Waals surface area contributed by atoms with Gasteiger partial charge in [-0.2, -0.15) is 10.1 Å².